The number of sulfonamides is 1. The molecule has 0 bridgehead atoms. The second-order valence-corrected chi connectivity index (χ2v) is 9.38. The summed E-state index contributed by atoms with van der Waals surface area (Å²) in [7, 11) is -1.44. The number of allylic oxidation sites excluding steroid dienone is 1. The van der Waals surface area contributed by atoms with E-state index in [1.807, 2.05) is 0 Å². The van der Waals surface area contributed by atoms with Gasteiger partial charge in [0.05, 0.1) is 12.1 Å². The van der Waals surface area contributed by atoms with Crippen molar-refractivity contribution >= 4 is 27.5 Å². The van der Waals surface area contributed by atoms with E-state index >= 15 is 0 Å². The highest BCUT2D eigenvalue weighted by atomic mass is 35.5. The summed E-state index contributed by atoms with van der Waals surface area (Å²) in [5.41, 5.74) is 1.54. The first-order chi connectivity index (χ1) is 13.1. The van der Waals surface area contributed by atoms with Crippen molar-refractivity contribution in [1.82, 2.24) is 14.7 Å². The smallest absolute Gasteiger partial charge is 0.266 e. The van der Waals surface area contributed by atoms with E-state index in [4.69, 9.17) is 16.4 Å². The molecule has 0 aliphatic carbocycles. The number of carbonyl (C=O) groups is 1. The molecule has 0 atom stereocenters. The second kappa shape index (κ2) is 9.84. The molecule has 9 heteroatoms. The van der Waals surface area contributed by atoms with E-state index < -0.39 is 10.0 Å². The van der Waals surface area contributed by atoms with Crippen molar-refractivity contribution < 1.29 is 18.0 Å². The van der Waals surface area contributed by atoms with Crippen molar-refractivity contribution in [3.05, 3.63) is 40.4 Å². The molecule has 1 aromatic carbocycles. The number of benzene rings is 1. The van der Waals surface area contributed by atoms with E-state index in [0.29, 0.717) is 4.47 Å². The van der Waals surface area contributed by atoms with Gasteiger partial charge in [-0.3, -0.25) is 14.5 Å². The Labute approximate surface area is 172 Å². The first-order valence-electron chi connectivity index (χ1n) is 9.14. The van der Waals surface area contributed by atoms with Gasteiger partial charge in [0.25, 0.3) is 15.9 Å². The number of hydrogen-bond acceptors (Lipinski definition) is 5. The van der Waals surface area contributed by atoms with Crippen LogP contribution in [0.5, 0.6) is 0 Å². The fourth-order valence-electron chi connectivity index (χ4n) is 2.92. The topological polar surface area (TPSA) is 78.9 Å². The van der Waals surface area contributed by atoms with E-state index in [2.05, 4.69) is 30.1 Å². The maximum atomic E-state index is 12.6. The van der Waals surface area contributed by atoms with Gasteiger partial charge in [0.1, 0.15) is 4.90 Å². The van der Waals surface area contributed by atoms with Gasteiger partial charge in [-0.15, -0.1) is 0 Å². The van der Waals surface area contributed by atoms with Crippen LogP contribution in [0.15, 0.2) is 34.7 Å². The molecule has 1 aromatic rings. The SMILES string of the molecule is CON(C)S(=O)(=O)c1cc(C(=O)NC2CCN(CC=C(C)C)CC2)ccc1Cl. The molecular weight excluding hydrogens is 402 g/mol. The third-order valence-corrected chi connectivity index (χ3v) is 6.91. The molecular formula is C19H28ClN3O4S. The molecule has 156 valence electrons. The minimum Gasteiger partial charge on any atom is -0.349 e. The van der Waals surface area contributed by atoms with Gasteiger partial charge in [-0.2, -0.15) is 0 Å². The standard InChI is InChI=1S/C19H28ClN3O4S/c1-14(2)7-10-23-11-8-16(9-12-23)21-19(24)15-5-6-17(20)18(13-15)28(25,26)22(3)27-4/h5-7,13,16H,8-12H2,1-4H3,(H,21,24). The summed E-state index contributed by atoms with van der Waals surface area (Å²) in [6.45, 7) is 6.91. The van der Waals surface area contributed by atoms with E-state index in [1.165, 1.54) is 37.9 Å². The van der Waals surface area contributed by atoms with Crippen LogP contribution in [-0.2, 0) is 14.9 Å². The monoisotopic (exact) mass is 429 g/mol. The summed E-state index contributed by atoms with van der Waals surface area (Å²) in [5, 5.41) is 3.03. The number of hydrogen-bond donors (Lipinski definition) is 1. The molecule has 0 spiro atoms. The van der Waals surface area contributed by atoms with Gasteiger partial charge in [-0.25, -0.2) is 8.42 Å². The molecule has 1 aliphatic heterocycles. The highest BCUT2D eigenvalue weighted by molar-refractivity contribution is 7.89. The lowest BCUT2D eigenvalue weighted by Crippen LogP contribution is -2.44. The van der Waals surface area contributed by atoms with Gasteiger partial charge in [0, 0.05) is 38.3 Å². The van der Waals surface area contributed by atoms with Crippen LogP contribution in [0.25, 0.3) is 0 Å². The average Bonchev–Trinajstić information content (AvgIpc) is 2.66. The first kappa shape index (κ1) is 22.8. The molecule has 1 N–H and O–H groups in total. The number of rotatable bonds is 7. The molecule has 1 saturated heterocycles. The molecule has 2 rings (SSSR count). The number of amides is 1. The normalized spacial score (nSPS) is 16.2. The first-order valence-corrected chi connectivity index (χ1v) is 11.0. The number of likely N-dealkylation sites (tertiary alicyclic amines) is 1. The van der Waals surface area contributed by atoms with Crippen LogP contribution in [0, 0.1) is 0 Å². The maximum Gasteiger partial charge on any atom is 0.266 e. The molecule has 0 radical (unpaired) electrons. The predicted octanol–water partition coefficient (Wildman–Crippen LogP) is 2.68. The molecule has 28 heavy (non-hydrogen) atoms. The highest BCUT2D eigenvalue weighted by Gasteiger charge is 2.26. The molecule has 1 amide bonds. The number of piperidine rings is 1. The Bertz CT molecular complexity index is 830. The van der Waals surface area contributed by atoms with Crippen molar-refractivity contribution in [2.24, 2.45) is 0 Å². The molecule has 1 fully saturated rings. The van der Waals surface area contributed by atoms with Crippen LogP contribution in [-0.4, -0.2) is 63.5 Å². The van der Waals surface area contributed by atoms with Crippen molar-refractivity contribution in [3.63, 3.8) is 0 Å². The van der Waals surface area contributed by atoms with Crippen molar-refractivity contribution in [3.8, 4) is 0 Å². The summed E-state index contributed by atoms with van der Waals surface area (Å²) in [5.74, 6) is -0.309. The van der Waals surface area contributed by atoms with Crippen LogP contribution in [0.3, 0.4) is 0 Å². The van der Waals surface area contributed by atoms with Crippen molar-refractivity contribution in [1.29, 1.82) is 0 Å². The Morgan fingerprint density at radius 2 is 2.00 bits per heavy atom. The Kier molecular flexibility index (Phi) is 8.03. The summed E-state index contributed by atoms with van der Waals surface area (Å²) in [4.78, 5) is 19.6. The minimum absolute atomic E-state index is 0.0352. The molecule has 1 aliphatic rings. The summed E-state index contributed by atoms with van der Waals surface area (Å²) < 4.78 is 25.6. The molecule has 0 unspecified atom stereocenters. The molecule has 7 nitrogen and oxygen atoms in total. The van der Waals surface area contributed by atoms with Crippen molar-refractivity contribution in [2.75, 3.05) is 33.8 Å². The Morgan fingerprint density at radius 3 is 2.57 bits per heavy atom. The summed E-state index contributed by atoms with van der Waals surface area (Å²) in [6.07, 6.45) is 3.91. The number of nitrogens with one attached hydrogen (secondary N) is 1. The fraction of sp³-hybridized carbons (Fsp3) is 0.526. The average molecular weight is 430 g/mol. The fourth-order valence-corrected chi connectivity index (χ4v) is 4.39. The van der Waals surface area contributed by atoms with E-state index in [0.717, 1.165) is 32.5 Å². The Balaban J connectivity index is 2.04. The second-order valence-electron chi connectivity index (χ2n) is 7.07. The van der Waals surface area contributed by atoms with E-state index in [-0.39, 0.29) is 27.4 Å². The quantitative estimate of drug-likeness (QED) is 0.532. The van der Waals surface area contributed by atoms with Crippen LogP contribution >= 0.6 is 11.6 Å². The third-order valence-electron chi connectivity index (χ3n) is 4.75. The maximum absolute atomic E-state index is 12.6. The van der Waals surface area contributed by atoms with Gasteiger partial charge in [-0.05, 0) is 44.9 Å². The lowest BCUT2D eigenvalue weighted by atomic mass is 10.0. The third kappa shape index (κ3) is 5.78. The minimum atomic E-state index is -3.94. The van der Waals surface area contributed by atoms with E-state index in [9.17, 15) is 13.2 Å². The zero-order valence-electron chi connectivity index (χ0n) is 16.7. The van der Waals surface area contributed by atoms with Crippen LogP contribution in [0.2, 0.25) is 5.02 Å². The van der Waals surface area contributed by atoms with Gasteiger partial charge in [0.15, 0.2) is 0 Å². The largest absolute Gasteiger partial charge is 0.349 e. The highest BCUT2D eigenvalue weighted by Crippen LogP contribution is 2.25. The summed E-state index contributed by atoms with van der Waals surface area (Å²) >= 11 is 6.04. The van der Waals surface area contributed by atoms with Gasteiger partial charge in [-0.1, -0.05) is 27.7 Å². The van der Waals surface area contributed by atoms with E-state index in [1.54, 1.807) is 0 Å². The molecule has 1 heterocycles. The van der Waals surface area contributed by atoms with Crippen molar-refractivity contribution in [2.45, 2.75) is 37.6 Å². The summed E-state index contributed by atoms with van der Waals surface area (Å²) in [6, 6.07) is 4.28. The van der Waals surface area contributed by atoms with Gasteiger partial charge >= 0.3 is 0 Å². The number of halogens is 1. The number of carbonyl (C=O) groups excluding carboxylic acids is 1. The zero-order chi connectivity index (χ0) is 20.9. The zero-order valence-corrected chi connectivity index (χ0v) is 18.3. The van der Waals surface area contributed by atoms with Gasteiger partial charge < -0.3 is 5.32 Å². The van der Waals surface area contributed by atoms with Gasteiger partial charge in [0.2, 0.25) is 0 Å². The van der Waals surface area contributed by atoms with Crippen LogP contribution in [0.1, 0.15) is 37.0 Å². The lowest BCUT2D eigenvalue weighted by Gasteiger charge is -2.31. The lowest BCUT2D eigenvalue weighted by molar-refractivity contribution is -0.0258. The predicted molar refractivity (Wildman–Crippen MR) is 110 cm³/mol. The Morgan fingerprint density at radius 1 is 1.36 bits per heavy atom. The van der Waals surface area contributed by atoms with Crippen LogP contribution < -0.4 is 5.32 Å². The number of nitrogens with zero attached hydrogens (tertiary/aromatic N) is 2. The molecule has 0 saturated carbocycles. The number of hydroxylamine groups is 1. The molecule has 0 aromatic heterocycles. The van der Waals surface area contributed by atoms with Crippen LogP contribution in [0.4, 0.5) is 0 Å². The Hall–Kier alpha value is -1.45.